The quantitative estimate of drug-likeness (QED) is 0.735. The molecule has 1 aliphatic rings. The fourth-order valence-electron chi connectivity index (χ4n) is 3.39. The highest BCUT2D eigenvalue weighted by Crippen LogP contribution is 2.26. The number of hydrogen-bond acceptors (Lipinski definition) is 4. The molecule has 3 aromatic rings. The Morgan fingerprint density at radius 1 is 1.08 bits per heavy atom. The van der Waals surface area contributed by atoms with Crippen molar-refractivity contribution in [2.45, 2.75) is 12.8 Å². The Labute approximate surface area is 146 Å². The van der Waals surface area contributed by atoms with Crippen LogP contribution < -0.4 is 4.90 Å². The smallest absolute Gasteiger partial charge is 0.223 e. The van der Waals surface area contributed by atoms with Crippen LogP contribution in [0.3, 0.4) is 0 Å². The number of fused-ring (bicyclic) bond motifs is 1. The SMILES string of the molecule is O=C(CCc1ccoc1)N1CCN(c2cncc3ccccc23)CC1. The van der Waals surface area contributed by atoms with Crippen LogP contribution in [-0.4, -0.2) is 42.0 Å². The van der Waals surface area contributed by atoms with Crippen LogP contribution in [0.2, 0.25) is 0 Å². The summed E-state index contributed by atoms with van der Waals surface area (Å²) in [5.74, 6) is 0.219. The molecule has 1 fully saturated rings. The third-order valence-electron chi connectivity index (χ3n) is 4.83. The minimum atomic E-state index is 0.219. The van der Waals surface area contributed by atoms with Gasteiger partial charge in [-0.2, -0.15) is 0 Å². The molecule has 0 unspecified atom stereocenters. The zero-order valence-corrected chi connectivity index (χ0v) is 14.1. The highest BCUT2D eigenvalue weighted by atomic mass is 16.3. The van der Waals surface area contributed by atoms with Gasteiger partial charge >= 0.3 is 0 Å². The molecule has 5 nitrogen and oxygen atoms in total. The van der Waals surface area contributed by atoms with E-state index in [4.69, 9.17) is 4.42 Å². The molecule has 1 aromatic carbocycles. The number of rotatable bonds is 4. The van der Waals surface area contributed by atoms with E-state index >= 15 is 0 Å². The number of carbonyl (C=O) groups excluding carboxylic acids is 1. The first-order valence-electron chi connectivity index (χ1n) is 8.68. The minimum Gasteiger partial charge on any atom is -0.472 e. The molecule has 0 spiro atoms. The monoisotopic (exact) mass is 335 g/mol. The van der Waals surface area contributed by atoms with Crippen LogP contribution in [0.4, 0.5) is 5.69 Å². The maximum atomic E-state index is 12.4. The molecule has 0 bridgehead atoms. The fourth-order valence-corrected chi connectivity index (χ4v) is 3.39. The number of carbonyl (C=O) groups is 1. The summed E-state index contributed by atoms with van der Waals surface area (Å²) in [6.45, 7) is 3.20. The molecule has 0 saturated carbocycles. The first-order valence-corrected chi connectivity index (χ1v) is 8.68. The van der Waals surface area contributed by atoms with Crippen molar-refractivity contribution in [3.05, 3.63) is 60.8 Å². The van der Waals surface area contributed by atoms with Crippen LogP contribution in [0.15, 0.2) is 59.7 Å². The summed E-state index contributed by atoms with van der Waals surface area (Å²) in [6, 6.07) is 10.2. The molecular weight excluding hydrogens is 314 g/mol. The van der Waals surface area contributed by atoms with Crippen LogP contribution in [0.5, 0.6) is 0 Å². The Morgan fingerprint density at radius 3 is 2.72 bits per heavy atom. The first-order chi connectivity index (χ1) is 12.3. The third kappa shape index (κ3) is 3.36. The first kappa shape index (κ1) is 15.7. The van der Waals surface area contributed by atoms with Crippen molar-refractivity contribution in [3.8, 4) is 0 Å². The number of aryl methyl sites for hydroxylation is 1. The molecule has 0 N–H and O–H groups in total. The van der Waals surface area contributed by atoms with E-state index in [1.54, 1.807) is 12.5 Å². The number of benzene rings is 1. The largest absolute Gasteiger partial charge is 0.472 e. The van der Waals surface area contributed by atoms with Crippen molar-refractivity contribution in [3.63, 3.8) is 0 Å². The average molecular weight is 335 g/mol. The number of nitrogens with zero attached hydrogens (tertiary/aromatic N) is 3. The van der Waals surface area contributed by atoms with E-state index in [1.165, 1.54) is 5.39 Å². The molecule has 3 heterocycles. The predicted octanol–water partition coefficient (Wildman–Crippen LogP) is 3.11. The zero-order chi connectivity index (χ0) is 17.1. The molecule has 5 heteroatoms. The van der Waals surface area contributed by atoms with Gasteiger partial charge in [0.1, 0.15) is 0 Å². The molecule has 2 aromatic heterocycles. The Kier molecular flexibility index (Phi) is 4.37. The molecule has 0 radical (unpaired) electrons. The lowest BCUT2D eigenvalue weighted by Gasteiger charge is -2.36. The second kappa shape index (κ2) is 6.97. The topological polar surface area (TPSA) is 49.6 Å². The summed E-state index contributed by atoms with van der Waals surface area (Å²) in [5.41, 5.74) is 2.23. The number of anilines is 1. The molecule has 25 heavy (non-hydrogen) atoms. The van der Waals surface area contributed by atoms with Gasteiger partial charge in [-0.1, -0.05) is 24.3 Å². The van der Waals surface area contributed by atoms with Gasteiger partial charge in [0, 0.05) is 49.6 Å². The van der Waals surface area contributed by atoms with E-state index in [0.29, 0.717) is 6.42 Å². The molecule has 1 amide bonds. The number of hydrogen-bond donors (Lipinski definition) is 0. The van der Waals surface area contributed by atoms with Crippen molar-refractivity contribution in [1.82, 2.24) is 9.88 Å². The van der Waals surface area contributed by atoms with Crippen molar-refractivity contribution < 1.29 is 9.21 Å². The average Bonchev–Trinajstić information content (AvgIpc) is 3.19. The van der Waals surface area contributed by atoms with Gasteiger partial charge in [0.2, 0.25) is 5.91 Å². The summed E-state index contributed by atoms with van der Waals surface area (Å²) < 4.78 is 5.05. The van der Waals surface area contributed by atoms with Gasteiger partial charge < -0.3 is 14.2 Å². The van der Waals surface area contributed by atoms with Gasteiger partial charge in [0.05, 0.1) is 24.4 Å². The van der Waals surface area contributed by atoms with Gasteiger partial charge in [-0.15, -0.1) is 0 Å². The lowest BCUT2D eigenvalue weighted by molar-refractivity contribution is -0.131. The van der Waals surface area contributed by atoms with Crippen molar-refractivity contribution in [2.24, 2.45) is 0 Å². The molecule has 4 rings (SSSR count). The Morgan fingerprint density at radius 2 is 1.92 bits per heavy atom. The Bertz CT molecular complexity index is 847. The van der Waals surface area contributed by atoms with Crippen LogP contribution in [-0.2, 0) is 11.2 Å². The normalized spacial score (nSPS) is 14.9. The molecule has 0 aliphatic carbocycles. The van der Waals surface area contributed by atoms with Gasteiger partial charge in [0.15, 0.2) is 0 Å². The molecular formula is C20H21N3O2. The predicted molar refractivity (Wildman–Crippen MR) is 97.6 cm³/mol. The number of pyridine rings is 1. The summed E-state index contributed by atoms with van der Waals surface area (Å²) in [7, 11) is 0. The van der Waals surface area contributed by atoms with Crippen LogP contribution in [0.1, 0.15) is 12.0 Å². The third-order valence-corrected chi connectivity index (χ3v) is 4.83. The summed E-state index contributed by atoms with van der Waals surface area (Å²) >= 11 is 0. The number of piperazine rings is 1. The van der Waals surface area contributed by atoms with Crippen molar-refractivity contribution >= 4 is 22.4 Å². The summed E-state index contributed by atoms with van der Waals surface area (Å²) in [5, 5.41) is 2.37. The van der Waals surface area contributed by atoms with Crippen LogP contribution in [0, 0.1) is 0 Å². The van der Waals surface area contributed by atoms with E-state index < -0.39 is 0 Å². The Balaban J connectivity index is 1.38. The number of aromatic nitrogens is 1. The molecule has 1 saturated heterocycles. The van der Waals surface area contributed by atoms with E-state index in [1.807, 2.05) is 29.4 Å². The van der Waals surface area contributed by atoms with Crippen LogP contribution in [0.25, 0.3) is 10.8 Å². The van der Waals surface area contributed by atoms with Crippen molar-refractivity contribution in [2.75, 3.05) is 31.1 Å². The number of furan rings is 1. The van der Waals surface area contributed by atoms with Gasteiger partial charge in [-0.3, -0.25) is 9.78 Å². The fraction of sp³-hybridized carbons (Fsp3) is 0.300. The Hall–Kier alpha value is -2.82. The second-order valence-corrected chi connectivity index (χ2v) is 6.38. The van der Waals surface area contributed by atoms with E-state index in [2.05, 4.69) is 28.1 Å². The number of amides is 1. The lowest BCUT2D eigenvalue weighted by Crippen LogP contribution is -2.48. The van der Waals surface area contributed by atoms with Crippen LogP contribution >= 0.6 is 0 Å². The molecule has 1 aliphatic heterocycles. The maximum Gasteiger partial charge on any atom is 0.223 e. The van der Waals surface area contributed by atoms with Gasteiger partial charge in [0.25, 0.3) is 0 Å². The van der Waals surface area contributed by atoms with Gasteiger partial charge in [-0.25, -0.2) is 0 Å². The molecule has 128 valence electrons. The standard InChI is InChI=1S/C20H21N3O2/c24-20(6-5-16-7-12-25-15-16)23-10-8-22(9-11-23)19-14-21-13-17-3-1-2-4-18(17)19/h1-4,7,12-15H,5-6,8-11H2. The minimum absolute atomic E-state index is 0.219. The summed E-state index contributed by atoms with van der Waals surface area (Å²) in [6.07, 6.45) is 8.46. The molecule has 0 atom stereocenters. The second-order valence-electron chi connectivity index (χ2n) is 6.38. The van der Waals surface area contributed by atoms with Gasteiger partial charge in [-0.05, 0) is 18.1 Å². The van der Waals surface area contributed by atoms with E-state index in [0.717, 1.165) is 49.2 Å². The van der Waals surface area contributed by atoms with E-state index in [9.17, 15) is 4.79 Å². The lowest BCUT2D eigenvalue weighted by atomic mass is 10.1. The highest BCUT2D eigenvalue weighted by Gasteiger charge is 2.22. The van der Waals surface area contributed by atoms with E-state index in [-0.39, 0.29) is 5.91 Å². The highest BCUT2D eigenvalue weighted by molar-refractivity contribution is 5.93. The maximum absolute atomic E-state index is 12.4. The zero-order valence-electron chi connectivity index (χ0n) is 14.1. The summed E-state index contributed by atoms with van der Waals surface area (Å²) in [4.78, 5) is 21.1. The van der Waals surface area contributed by atoms with Crippen molar-refractivity contribution in [1.29, 1.82) is 0 Å².